The molecule has 2 saturated heterocycles. The first-order chi connectivity index (χ1) is 7.29. The van der Waals surface area contributed by atoms with E-state index in [1.165, 1.54) is 43.9 Å². The number of hydrogen-bond donors (Lipinski definition) is 1. The van der Waals surface area contributed by atoms with Crippen LogP contribution in [0.5, 0.6) is 0 Å². The fraction of sp³-hybridized carbons (Fsp3) is 1.00. The van der Waals surface area contributed by atoms with Crippen LogP contribution in [0.2, 0.25) is 0 Å². The van der Waals surface area contributed by atoms with E-state index < -0.39 is 0 Å². The van der Waals surface area contributed by atoms with Gasteiger partial charge in [0.15, 0.2) is 0 Å². The lowest BCUT2D eigenvalue weighted by atomic mass is 9.92. The third-order valence-electron chi connectivity index (χ3n) is 3.96. The largest absolute Gasteiger partial charge is 0.330 e. The second-order valence-electron chi connectivity index (χ2n) is 5.21. The highest BCUT2D eigenvalue weighted by Crippen LogP contribution is 2.28. The van der Waals surface area contributed by atoms with Crippen molar-refractivity contribution in [3.63, 3.8) is 0 Å². The molecule has 2 aliphatic heterocycles. The molecule has 0 aliphatic carbocycles. The maximum absolute atomic E-state index is 5.79. The molecule has 0 aromatic heterocycles. The summed E-state index contributed by atoms with van der Waals surface area (Å²) >= 11 is 2.13. The summed E-state index contributed by atoms with van der Waals surface area (Å²) in [5.41, 5.74) is 5.79. The van der Waals surface area contributed by atoms with Crippen molar-refractivity contribution in [2.45, 2.75) is 32.2 Å². The van der Waals surface area contributed by atoms with E-state index in [2.05, 4.69) is 23.6 Å². The Hall–Kier alpha value is 0.270. The highest BCUT2D eigenvalue weighted by Gasteiger charge is 2.27. The first kappa shape index (κ1) is 11.7. The number of nitrogens with zero attached hydrogens (tertiary/aromatic N) is 1. The maximum atomic E-state index is 5.79. The summed E-state index contributed by atoms with van der Waals surface area (Å²) < 4.78 is 0. The van der Waals surface area contributed by atoms with Gasteiger partial charge in [0.2, 0.25) is 0 Å². The summed E-state index contributed by atoms with van der Waals surface area (Å²) in [6.07, 6.45) is 4.12. The summed E-state index contributed by atoms with van der Waals surface area (Å²) in [5, 5.41) is 0. The Morgan fingerprint density at radius 3 is 2.80 bits per heavy atom. The second-order valence-corrected chi connectivity index (χ2v) is 6.36. The first-order valence-corrected chi connectivity index (χ1v) is 7.47. The zero-order chi connectivity index (χ0) is 10.7. The molecule has 88 valence electrons. The van der Waals surface area contributed by atoms with E-state index in [0.29, 0.717) is 0 Å². The number of nitrogens with two attached hydrogens (primary N) is 1. The molecule has 0 amide bonds. The highest BCUT2D eigenvalue weighted by atomic mass is 32.2. The quantitative estimate of drug-likeness (QED) is 0.799. The van der Waals surface area contributed by atoms with Gasteiger partial charge < -0.3 is 10.6 Å². The van der Waals surface area contributed by atoms with Crippen LogP contribution in [0.15, 0.2) is 0 Å². The molecule has 2 N–H and O–H groups in total. The zero-order valence-corrected chi connectivity index (χ0v) is 10.6. The van der Waals surface area contributed by atoms with E-state index >= 15 is 0 Å². The molecule has 15 heavy (non-hydrogen) atoms. The molecular weight excluding hydrogens is 204 g/mol. The molecule has 0 aromatic rings. The molecule has 0 aromatic carbocycles. The molecule has 0 saturated carbocycles. The van der Waals surface area contributed by atoms with Gasteiger partial charge in [-0.25, -0.2) is 0 Å². The number of hydrogen-bond acceptors (Lipinski definition) is 3. The maximum Gasteiger partial charge on any atom is 0.00672 e. The van der Waals surface area contributed by atoms with Gasteiger partial charge in [0, 0.05) is 19.1 Å². The van der Waals surface area contributed by atoms with Gasteiger partial charge in [0.25, 0.3) is 0 Å². The predicted molar refractivity (Wildman–Crippen MR) is 68.2 cm³/mol. The third kappa shape index (κ3) is 3.11. The smallest absolute Gasteiger partial charge is 0.00672 e. The van der Waals surface area contributed by atoms with Crippen LogP contribution in [0.1, 0.15) is 26.2 Å². The molecule has 2 rings (SSSR count). The third-order valence-corrected chi connectivity index (χ3v) is 5.19. The van der Waals surface area contributed by atoms with E-state index in [9.17, 15) is 0 Å². The topological polar surface area (TPSA) is 29.3 Å². The van der Waals surface area contributed by atoms with Gasteiger partial charge in [-0.2, -0.15) is 11.8 Å². The molecule has 3 heteroatoms. The molecule has 2 nitrogen and oxygen atoms in total. The molecule has 2 aliphatic rings. The molecule has 0 spiro atoms. The number of rotatable bonds is 3. The lowest BCUT2D eigenvalue weighted by Gasteiger charge is -2.39. The standard InChI is InChI=1S/C12H24N2S/c1-10-2-3-11(6-13)7-14(10)8-12-4-5-15-9-12/h10-12H,2-9,13H2,1H3. The molecular formula is C12H24N2S. The van der Waals surface area contributed by atoms with Crippen LogP contribution in [0.3, 0.4) is 0 Å². The molecule has 3 unspecified atom stereocenters. The van der Waals surface area contributed by atoms with Crippen LogP contribution in [0, 0.1) is 11.8 Å². The lowest BCUT2D eigenvalue weighted by molar-refractivity contribution is 0.105. The van der Waals surface area contributed by atoms with Crippen molar-refractivity contribution in [2.75, 3.05) is 31.1 Å². The summed E-state index contributed by atoms with van der Waals surface area (Å²) in [7, 11) is 0. The minimum Gasteiger partial charge on any atom is -0.330 e. The highest BCUT2D eigenvalue weighted by molar-refractivity contribution is 7.99. The van der Waals surface area contributed by atoms with Crippen LogP contribution < -0.4 is 5.73 Å². The van der Waals surface area contributed by atoms with Gasteiger partial charge in [-0.05, 0) is 56.1 Å². The normalized spacial score (nSPS) is 38.4. The van der Waals surface area contributed by atoms with Gasteiger partial charge in [-0.1, -0.05) is 0 Å². The minimum atomic E-state index is 0.759. The van der Waals surface area contributed by atoms with Gasteiger partial charge in [-0.3, -0.25) is 0 Å². The van der Waals surface area contributed by atoms with E-state index in [4.69, 9.17) is 5.73 Å². The molecule has 2 heterocycles. The van der Waals surface area contributed by atoms with E-state index in [1.807, 2.05) is 0 Å². The Kier molecular flexibility index (Phi) is 4.35. The minimum absolute atomic E-state index is 0.759. The van der Waals surface area contributed by atoms with Gasteiger partial charge in [0.05, 0.1) is 0 Å². The van der Waals surface area contributed by atoms with E-state index in [0.717, 1.165) is 24.4 Å². The van der Waals surface area contributed by atoms with Crippen LogP contribution in [-0.4, -0.2) is 42.1 Å². The number of piperidine rings is 1. The SMILES string of the molecule is CC1CCC(CN)CN1CC1CCSC1. The van der Waals surface area contributed by atoms with Crippen molar-refractivity contribution in [1.29, 1.82) is 0 Å². The van der Waals surface area contributed by atoms with Crippen molar-refractivity contribution < 1.29 is 0 Å². The zero-order valence-electron chi connectivity index (χ0n) is 9.82. The van der Waals surface area contributed by atoms with Crippen molar-refractivity contribution in [1.82, 2.24) is 4.90 Å². The summed E-state index contributed by atoms with van der Waals surface area (Å²) in [6.45, 7) is 5.83. The Morgan fingerprint density at radius 1 is 1.27 bits per heavy atom. The Labute approximate surface area is 98.0 Å². The Morgan fingerprint density at radius 2 is 2.13 bits per heavy atom. The number of thioether (sulfide) groups is 1. The second kappa shape index (κ2) is 5.55. The monoisotopic (exact) mass is 228 g/mol. The van der Waals surface area contributed by atoms with Crippen LogP contribution in [0.4, 0.5) is 0 Å². The van der Waals surface area contributed by atoms with Crippen LogP contribution in [-0.2, 0) is 0 Å². The summed E-state index contributed by atoms with van der Waals surface area (Å²) in [6, 6.07) is 0.790. The first-order valence-electron chi connectivity index (χ1n) is 6.31. The number of likely N-dealkylation sites (tertiary alicyclic amines) is 1. The average Bonchev–Trinajstić information content (AvgIpc) is 2.74. The van der Waals surface area contributed by atoms with E-state index in [1.54, 1.807) is 0 Å². The Balaban J connectivity index is 1.82. The predicted octanol–water partition coefficient (Wildman–Crippen LogP) is 1.80. The van der Waals surface area contributed by atoms with Gasteiger partial charge >= 0.3 is 0 Å². The van der Waals surface area contributed by atoms with Crippen LogP contribution >= 0.6 is 11.8 Å². The Bertz CT molecular complexity index is 192. The van der Waals surface area contributed by atoms with Crippen LogP contribution in [0.25, 0.3) is 0 Å². The average molecular weight is 228 g/mol. The van der Waals surface area contributed by atoms with Crippen molar-refractivity contribution in [3.05, 3.63) is 0 Å². The van der Waals surface area contributed by atoms with Gasteiger partial charge in [-0.15, -0.1) is 0 Å². The van der Waals surface area contributed by atoms with Crippen molar-refractivity contribution in [3.8, 4) is 0 Å². The fourth-order valence-electron chi connectivity index (χ4n) is 2.77. The molecule has 3 atom stereocenters. The molecule has 0 bridgehead atoms. The van der Waals surface area contributed by atoms with Gasteiger partial charge in [0.1, 0.15) is 0 Å². The summed E-state index contributed by atoms with van der Waals surface area (Å²) in [4.78, 5) is 2.69. The lowest BCUT2D eigenvalue weighted by Crippen LogP contribution is -2.45. The molecule has 0 radical (unpaired) electrons. The van der Waals surface area contributed by atoms with Crippen molar-refractivity contribution in [2.24, 2.45) is 17.6 Å². The molecule has 2 fully saturated rings. The fourth-order valence-corrected chi connectivity index (χ4v) is 4.04. The summed E-state index contributed by atoms with van der Waals surface area (Å²) in [5.74, 6) is 4.48. The van der Waals surface area contributed by atoms with Crippen molar-refractivity contribution >= 4 is 11.8 Å². The van der Waals surface area contributed by atoms with E-state index in [-0.39, 0.29) is 0 Å².